The molecule has 1 saturated carbocycles. The molecule has 0 amide bonds. The van der Waals surface area contributed by atoms with Crippen LogP contribution in [0.3, 0.4) is 0 Å². The molecule has 0 nitrogen and oxygen atoms in total. The standard InChI is InChI=1S/C9H16B.CH3.V.W/c1-3-7-5-9(10)6-8(7)4-2;;;/h5,7-9H,3-4,6H2,1-2H3;1H3;;/q2*-1;;/t7?,8-,9-;;;/m0.../s1/i2D;;;. The van der Waals surface area contributed by atoms with Gasteiger partial charge in [0, 0.05) is 48.8 Å². The summed E-state index contributed by atoms with van der Waals surface area (Å²) in [5, 5.41) is 0. The molecule has 0 spiro atoms. The summed E-state index contributed by atoms with van der Waals surface area (Å²) in [6, 6.07) is 0. The Labute approximate surface area is 113 Å². The Morgan fingerprint density at radius 3 is 2.62 bits per heavy atom. The van der Waals surface area contributed by atoms with Crippen molar-refractivity contribution in [2.45, 2.75) is 38.9 Å². The smallest absolute Gasteiger partial charge is 0.0314 e. The zero-order valence-electron chi connectivity index (χ0n) is 9.57. The molecule has 3 atom stereocenters. The average Bonchev–Trinajstić information content (AvgIpc) is 2.32. The molecule has 75 valence electrons. The first kappa shape index (κ1) is 16.8. The van der Waals surface area contributed by atoms with Gasteiger partial charge in [0.25, 0.3) is 0 Å². The molecule has 0 aromatic heterocycles. The minimum Gasteiger partial charge on any atom is -0.358 e. The maximum Gasteiger partial charge on any atom is 0.0314 e. The SMILES string of the molecule is [2H]CC[C@H]1C[C@@H]([B])[CH-]C1CC.[CH3-].[V].[W]. The van der Waals surface area contributed by atoms with Gasteiger partial charge in [-0.1, -0.05) is 39.0 Å². The molecule has 0 N–H and O–H groups in total. The Morgan fingerprint density at radius 2 is 2.15 bits per heavy atom. The summed E-state index contributed by atoms with van der Waals surface area (Å²) < 4.78 is 7.14. The van der Waals surface area contributed by atoms with Crippen molar-refractivity contribution >= 4 is 7.85 Å². The third-order valence-electron chi connectivity index (χ3n) is 2.52. The van der Waals surface area contributed by atoms with E-state index in [2.05, 4.69) is 13.3 Å². The minimum atomic E-state index is 0. The van der Waals surface area contributed by atoms with Crippen LogP contribution in [-0.4, -0.2) is 7.85 Å². The molecule has 0 bridgehead atoms. The van der Waals surface area contributed by atoms with Gasteiger partial charge in [0.15, 0.2) is 0 Å². The fourth-order valence-electron chi connectivity index (χ4n) is 1.88. The molecule has 3 heteroatoms. The van der Waals surface area contributed by atoms with Crippen molar-refractivity contribution in [3.8, 4) is 0 Å². The van der Waals surface area contributed by atoms with E-state index < -0.39 is 0 Å². The second kappa shape index (κ2) is 9.88. The predicted molar refractivity (Wildman–Crippen MR) is 52.4 cm³/mol. The topological polar surface area (TPSA) is 0 Å². The molecule has 0 aliphatic heterocycles. The Morgan fingerprint density at radius 1 is 1.54 bits per heavy atom. The van der Waals surface area contributed by atoms with E-state index in [-0.39, 0.29) is 47.0 Å². The second-order valence-electron chi connectivity index (χ2n) is 3.21. The molecule has 0 aromatic rings. The van der Waals surface area contributed by atoms with Gasteiger partial charge in [0.1, 0.15) is 0 Å². The van der Waals surface area contributed by atoms with E-state index in [1.165, 1.54) is 6.42 Å². The van der Waals surface area contributed by atoms with E-state index in [1.807, 2.05) is 0 Å². The van der Waals surface area contributed by atoms with Gasteiger partial charge in [0.05, 0.1) is 0 Å². The Bertz CT molecular complexity index is 127. The minimum absolute atomic E-state index is 0. The van der Waals surface area contributed by atoms with Gasteiger partial charge >= 0.3 is 0 Å². The van der Waals surface area contributed by atoms with Crippen molar-refractivity contribution in [3.63, 3.8) is 0 Å². The van der Waals surface area contributed by atoms with Crippen molar-refractivity contribution < 1.29 is 41.0 Å². The van der Waals surface area contributed by atoms with Crippen LogP contribution >= 0.6 is 0 Å². The van der Waals surface area contributed by atoms with Crippen molar-refractivity contribution in [2.75, 3.05) is 0 Å². The summed E-state index contributed by atoms with van der Waals surface area (Å²) in [6.45, 7) is 2.76. The van der Waals surface area contributed by atoms with Crippen LogP contribution in [0.4, 0.5) is 0 Å². The third-order valence-corrected chi connectivity index (χ3v) is 2.52. The fraction of sp³-hybridized carbons (Fsp3) is 0.800. The number of hydrogen-bond donors (Lipinski definition) is 0. The summed E-state index contributed by atoms with van der Waals surface area (Å²) in [5.41, 5.74) is 0. The summed E-state index contributed by atoms with van der Waals surface area (Å²) in [5.74, 6) is 1.69. The number of hydrogen-bond acceptors (Lipinski definition) is 0. The van der Waals surface area contributed by atoms with Crippen LogP contribution in [0.25, 0.3) is 0 Å². The van der Waals surface area contributed by atoms with Gasteiger partial charge in [-0.25, -0.2) is 5.82 Å². The Balaban J connectivity index is -0.000000403. The van der Waals surface area contributed by atoms with Crippen LogP contribution < -0.4 is 0 Å². The maximum atomic E-state index is 7.14. The van der Waals surface area contributed by atoms with E-state index in [1.54, 1.807) is 0 Å². The third kappa shape index (κ3) is 5.70. The molecule has 1 fully saturated rings. The van der Waals surface area contributed by atoms with Crippen molar-refractivity contribution in [1.82, 2.24) is 0 Å². The molecule has 3 radical (unpaired) electrons. The first-order valence-corrected chi connectivity index (χ1v) is 4.17. The van der Waals surface area contributed by atoms with Crippen LogP contribution in [0.2, 0.25) is 5.82 Å². The molecule has 13 heavy (non-hydrogen) atoms. The van der Waals surface area contributed by atoms with Crippen LogP contribution in [0.5, 0.6) is 0 Å². The van der Waals surface area contributed by atoms with Gasteiger partial charge in [-0.15, -0.1) is 0 Å². The van der Waals surface area contributed by atoms with Gasteiger partial charge < -0.3 is 13.8 Å². The Kier molecular flexibility index (Phi) is 12.7. The zero-order chi connectivity index (χ0) is 8.27. The molecule has 0 heterocycles. The molecule has 0 aromatic carbocycles. The monoisotopic (exact) mass is 386 g/mol. The molecule has 1 aliphatic rings. The summed E-state index contributed by atoms with van der Waals surface area (Å²) in [7, 11) is 5.80. The molecular formula is C10H19BVW-2. The fourth-order valence-corrected chi connectivity index (χ4v) is 1.88. The number of rotatable bonds is 2. The van der Waals surface area contributed by atoms with Gasteiger partial charge in [0.2, 0.25) is 0 Å². The van der Waals surface area contributed by atoms with E-state index in [4.69, 9.17) is 9.22 Å². The summed E-state index contributed by atoms with van der Waals surface area (Å²) >= 11 is 0. The van der Waals surface area contributed by atoms with Crippen LogP contribution in [0.1, 0.15) is 34.5 Å². The van der Waals surface area contributed by atoms with Crippen LogP contribution in [-0.2, 0) is 39.6 Å². The summed E-state index contributed by atoms with van der Waals surface area (Å²) in [4.78, 5) is 0. The second-order valence-corrected chi connectivity index (χ2v) is 3.21. The van der Waals surface area contributed by atoms with Gasteiger partial charge in [-0.2, -0.15) is 5.92 Å². The van der Waals surface area contributed by atoms with Crippen LogP contribution in [0.15, 0.2) is 0 Å². The first-order valence-electron chi connectivity index (χ1n) is 4.88. The van der Waals surface area contributed by atoms with Crippen molar-refractivity contribution in [1.29, 1.82) is 0 Å². The molecule has 1 aliphatic carbocycles. The van der Waals surface area contributed by atoms with E-state index in [0.29, 0.717) is 24.6 Å². The van der Waals surface area contributed by atoms with E-state index >= 15 is 0 Å². The van der Waals surface area contributed by atoms with E-state index in [0.717, 1.165) is 12.8 Å². The zero-order valence-corrected chi connectivity index (χ0v) is 12.9. The quantitative estimate of drug-likeness (QED) is 0.506. The van der Waals surface area contributed by atoms with Crippen molar-refractivity contribution in [2.24, 2.45) is 11.8 Å². The molecule has 1 unspecified atom stereocenters. The van der Waals surface area contributed by atoms with Crippen LogP contribution in [0, 0.1) is 25.7 Å². The Hall–Kier alpha value is 1.34. The normalized spacial score (nSPS) is 32.1. The van der Waals surface area contributed by atoms with Gasteiger partial charge in [-0.05, 0) is 0 Å². The molecular weight excluding hydrogens is 366 g/mol. The summed E-state index contributed by atoms with van der Waals surface area (Å²) in [6.07, 6.45) is 5.60. The van der Waals surface area contributed by atoms with E-state index in [9.17, 15) is 0 Å². The molecule has 0 saturated heterocycles. The molecule has 1 rings (SSSR count). The van der Waals surface area contributed by atoms with Crippen molar-refractivity contribution in [3.05, 3.63) is 13.8 Å². The maximum absolute atomic E-state index is 7.14. The largest absolute Gasteiger partial charge is 0.358 e. The van der Waals surface area contributed by atoms with Gasteiger partial charge in [-0.3, -0.25) is 0 Å². The first-order chi connectivity index (χ1) is 5.27. The predicted octanol–water partition coefficient (Wildman–Crippen LogP) is 3.05. The average molecular weight is 386 g/mol.